The van der Waals surface area contributed by atoms with Gasteiger partial charge in [0.1, 0.15) is 0 Å². The van der Waals surface area contributed by atoms with Gasteiger partial charge in [-0.15, -0.1) is 0 Å². The molecule has 0 rings (SSSR count). The van der Waals surface area contributed by atoms with Gasteiger partial charge in [0, 0.05) is 19.5 Å². The van der Waals surface area contributed by atoms with Crippen molar-refractivity contribution in [3.05, 3.63) is 0 Å². The van der Waals surface area contributed by atoms with Crippen LogP contribution in [-0.2, 0) is 31.2 Å². The number of rotatable bonds is 0. The molecule has 0 spiro atoms. The van der Waals surface area contributed by atoms with Crippen molar-refractivity contribution in [1.29, 1.82) is 0 Å². The van der Waals surface area contributed by atoms with Crippen molar-refractivity contribution in [1.82, 2.24) is 0 Å². The van der Waals surface area contributed by atoms with Crippen LogP contribution >= 0.6 is 0 Å². The Balaban J connectivity index is 0. The van der Waals surface area contributed by atoms with Crippen molar-refractivity contribution in [3.63, 3.8) is 0 Å². The van der Waals surface area contributed by atoms with Crippen molar-refractivity contribution < 1.29 is 31.2 Å². The largest absolute Gasteiger partial charge is 0 e. The van der Waals surface area contributed by atoms with Crippen molar-refractivity contribution in [2.45, 2.75) is 0 Å². The quantitative estimate of drug-likeness (QED) is 0.481. The Morgan fingerprint density at radius 3 is 1.75 bits per heavy atom. The van der Waals surface area contributed by atoms with E-state index in [4.69, 9.17) is 0 Å². The Hall–Kier alpha value is 2.56. The second kappa shape index (κ2) is 9.12. The van der Waals surface area contributed by atoms with Gasteiger partial charge in [0.2, 0.25) is 0 Å². The molecule has 0 aromatic rings. The fourth-order valence-corrected chi connectivity index (χ4v) is 0. The van der Waals surface area contributed by atoms with Gasteiger partial charge in [0.05, 0.1) is 0 Å². The van der Waals surface area contributed by atoms with Crippen LogP contribution in [0.3, 0.4) is 0 Å². The summed E-state index contributed by atoms with van der Waals surface area (Å²) >= 11 is 4.80. The van der Waals surface area contributed by atoms with Crippen LogP contribution < -0.4 is 0 Å². The van der Waals surface area contributed by atoms with E-state index in [1.165, 1.54) is 0 Å². The maximum atomic E-state index is 2.68. The molecule has 0 aliphatic heterocycles. The molecule has 0 unspecified atom stereocenters. The molecule has 4 heavy (non-hydrogen) atoms. The first-order chi connectivity index (χ1) is 1.41. The first-order valence-corrected chi connectivity index (χ1v) is 19.6. The average molecular weight is 339 g/mol. The average Bonchev–Trinajstić information content (AvgIpc) is 0.918. The Labute approximate surface area is 63.2 Å². The molecule has 0 nitrogen and oxygen atoms in total. The van der Waals surface area contributed by atoms with Crippen LogP contribution in [0.4, 0.5) is 0 Å². The molecule has 0 saturated carbocycles. The van der Waals surface area contributed by atoms with Gasteiger partial charge < -0.3 is 0 Å². The Bertz CT molecular complexity index is 6.00. The van der Waals surface area contributed by atoms with Crippen molar-refractivity contribution in [2.75, 3.05) is 0 Å². The molecule has 0 saturated heterocycles. The number of hydrogen-bond donors (Lipinski definition) is 0. The van der Waals surface area contributed by atoms with E-state index in [9.17, 15) is 0 Å². The van der Waals surface area contributed by atoms with Crippen molar-refractivity contribution in [3.8, 4) is 0 Å². The van der Waals surface area contributed by atoms with Crippen LogP contribution in [0.5, 0.6) is 0 Å². The van der Waals surface area contributed by atoms with E-state index in [1.54, 1.807) is 0 Å². The maximum absolute atomic E-state index is 2.68. The normalized spacial score (nSPS) is 2.50. The van der Waals surface area contributed by atoms with Crippen molar-refractivity contribution >= 4 is 33.2 Å². The fraction of sp³-hybridized carbons (Fsp3) is 0. The summed E-state index contributed by atoms with van der Waals surface area (Å²) in [6.45, 7) is 0. The SMILES string of the molecule is [SeH][Zn][TeH].[Zn]. The van der Waals surface area contributed by atoms with Crippen LogP contribution in [0.2, 0.25) is 0 Å². The minimum Gasteiger partial charge on any atom is 0 e. The Morgan fingerprint density at radius 2 is 1.75 bits per heavy atom. The van der Waals surface area contributed by atoms with E-state index in [-0.39, 0.29) is 31.2 Å². The summed E-state index contributed by atoms with van der Waals surface area (Å²) in [4.78, 5) is 0. The summed E-state index contributed by atoms with van der Waals surface area (Å²) < 4.78 is 0. The molecule has 0 amide bonds. The molecule has 0 aromatic carbocycles. The van der Waals surface area contributed by atoms with Gasteiger partial charge in [-0.05, 0) is 0 Å². The smallest absolute Gasteiger partial charge is 0 e. The summed E-state index contributed by atoms with van der Waals surface area (Å²) in [5.41, 5.74) is 0. The van der Waals surface area contributed by atoms with E-state index in [2.05, 4.69) is 13.7 Å². The third-order valence-electron chi connectivity index (χ3n) is 0. The van der Waals surface area contributed by atoms with Gasteiger partial charge in [0.15, 0.2) is 0 Å². The van der Waals surface area contributed by atoms with E-state index in [0.29, 0.717) is 0 Å². The molecule has 0 heterocycles. The summed E-state index contributed by atoms with van der Waals surface area (Å²) in [5, 5.41) is 0. The molecule has 0 N–H and O–H groups in total. The molecule has 0 bridgehead atoms. The first-order valence-electron chi connectivity index (χ1n) is 0.632. The van der Waals surface area contributed by atoms with Crippen LogP contribution in [0.1, 0.15) is 0 Å². The van der Waals surface area contributed by atoms with Gasteiger partial charge in [-0.1, -0.05) is 0 Å². The third-order valence-corrected chi connectivity index (χ3v) is 0. The summed E-state index contributed by atoms with van der Waals surface area (Å²) in [6.07, 6.45) is 0. The fourth-order valence-electron chi connectivity index (χ4n) is 0. The van der Waals surface area contributed by atoms with E-state index in [0.717, 1.165) is 0 Å². The summed E-state index contributed by atoms with van der Waals surface area (Å²) in [7, 11) is 0. The molecule has 0 radical (unpaired) electrons. The molecular formula is H2SeTeZn2. The molecule has 18 valence electrons. The molecular weight excluding hydrogens is 337 g/mol. The second-order valence-corrected chi connectivity index (χ2v) is 25.6. The van der Waals surface area contributed by atoms with Gasteiger partial charge in [0.25, 0.3) is 0 Å². The zero-order valence-corrected chi connectivity index (χ0v) is 12.7. The van der Waals surface area contributed by atoms with E-state index in [1.807, 2.05) is 19.5 Å². The van der Waals surface area contributed by atoms with Gasteiger partial charge in [-0.25, -0.2) is 0 Å². The minimum atomic E-state index is 0. The maximum Gasteiger partial charge on any atom is 0 e. The van der Waals surface area contributed by atoms with Crippen LogP contribution in [0, 0.1) is 0 Å². The van der Waals surface area contributed by atoms with E-state index < -0.39 is 0 Å². The van der Waals surface area contributed by atoms with Gasteiger partial charge in [-0.3, -0.25) is 0 Å². The topological polar surface area (TPSA) is 0 Å². The Kier molecular flexibility index (Phi) is 22.2. The van der Waals surface area contributed by atoms with Crippen LogP contribution in [0.25, 0.3) is 0 Å². The summed E-state index contributed by atoms with van der Waals surface area (Å²) in [6, 6.07) is 0. The molecule has 0 atom stereocenters. The summed E-state index contributed by atoms with van der Waals surface area (Å²) in [5.74, 6) is 0. The standard InChI is InChI=1S/H2Se.H2Te.2Zn/h2*1H2;;/q;;;+2/p-2. The predicted molar refractivity (Wildman–Crippen MR) is 14.3 cm³/mol. The Morgan fingerprint density at radius 1 is 1.75 bits per heavy atom. The van der Waals surface area contributed by atoms with Gasteiger partial charge in [-0.2, -0.15) is 0 Å². The monoisotopic (exact) mass is 340 g/mol. The molecule has 0 aliphatic carbocycles. The predicted octanol–water partition coefficient (Wildman–Crippen LogP) is -1.30. The molecule has 0 aliphatic rings. The van der Waals surface area contributed by atoms with Crippen LogP contribution in [0.15, 0.2) is 0 Å². The number of hydrogen-bond acceptors (Lipinski definition) is 0. The second-order valence-electron chi connectivity index (χ2n) is 0.141. The third kappa shape index (κ3) is 8.82. The molecule has 4 heteroatoms. The van der Waals surface area contributed by atoms with E-state index >= 15 is 0 Å². The van der Waals surface area contributed by atoms with Crippen LogP contribution in [-0.4, -0.2) is 33.2 Å². The van der Waals surface area contributed by atoms with Crippen molar-refractivity contribution in [2.24, 2.45) is 0 Å². The van der Waals surface area contributed by atoms with Gasteiger partial charge >= 0.3 is 44.9 Å². The molecule has 0 aromatic heterocycles. The zero-order chi connectivity index (χ0) is 2.71. The molecule has 0 fully saturated rings. The minimum absolute atomic E-state index is 0. The zero-order valence-electron chi connectivity index (χ0n) is 2.31. The first kappa shape index (κ1) is 9.75.